The highest BCUT2D eigenvalue weighted by Crippen LogP contribution is 2.47. The van der Waals surface area contributed by atoms with Crippen molar-refractivity contribution in [2.24, 2.45) is 0 Å². The summed E-state index contributed by atoms with van der Waals surface area (Å²) in [6.07, 6.45) is 11.2. The SMILES string of the molecule is CCc1cc2c(c(N3C=CC(c4ccccc4[N+](=O)[O-])C=C3)c1C)Cc1ccc(C)c(CC)c1-2. The molecule has 0 N–H and O–H groups in total. The molecule has 0 spiro atoms. The number of benzene rings is 3. The van der Waals surface area contributed by atoms with Gasteiger partial charge in [-0.05, 0) is 71.2 Å². The lowest BCUT2D eigenvalue weighted by atomic mass is 9.90. The molecule has 0 saturated carbocycles. The molecular weight excluding hydrogens is 420 g/mol. The van der Waals surface area contributed by atoms with Crippen LogP contribution in [0.5, 0.6) is 0 Å². The van der Waals surface area contributed by atoms with Crippen molar-refractivity contribution in [1.29, 1.82) is 0 Å². The van der Waals surface area contributed by atoms with Crippen LogP contribution in [0.2, 0.25) is 0 Å². The molecule has 0 atom stereocenters. The molecule has 3 aromatic rings. The Morgan fingerprint density at radius 2 is 1.76 bits per heavy atom. The summed E-state index contributed by atoms with van der Waals surface area (Å²) in [6, 6.07) is 14.0. The highest BCUT2D eigenvalue weighted by atomic mass is 16.6. The van der Waals surface area contributed by atoms with Gasteiger partial charge >= 0.3 is 0 Å². The van der Waals surface area contributed by atoms with Gasteiger partial charge in [-0.2, -0.15) is 0 Å². The molecule has 4 heteroatoms. The van der Waals surface area contributed by atoms with E-state index in [-0.39, 0.29) is 16.5 Å². The van der Waals surface area contributed by atoms with Gasteiger partial charge in [0.15, 0.2) is 0 Å². The number of hydrogen-bond acceptors (Lipinski definition) is 3. The average Bonchev–Trinajstić information content (AvgIpc) is 3.21. The minimum Gasteiger partial charge on any atom is -0.324 e. The van der Waals surface area contributed by atoms with Gasteiger partial charge in [-0.25, -0.2) is 0 Å². The summed E-state index contributed by atoms with van der Waals surface area (Å²) in [7, 11) is 0. The van der Waals surface area contributed by atoms with Gasteiger partial charge < -0.3 is 4.90 Å². The van der Waals surface area contributed by atoms with Crippen LogP contribution in [-0.4, -0.2) is 4.92 Å². The van der Waals surface area contributed by atoms with Crippen molar-refractivity contribution < 1.29 is 4.92 Å². The van der Waals surface area contributed by atoms with Gasteiger partial charge in [0.1, 0.15) is 0 Å². The van der Waals surface area contributed by atoms with E-state index in [1.54, 1.807) is 12.1 Å². The molecule has 172 valence electrons. The van der Waals surface area contributed by atoms with Crippen LogP contribution in [0.15, 0.2) is 67.0 Å². The summed E-state index contributed by atoms with van der Waals surface area (Å²) in [5, 5.41) is 11.5. The highest BCUT2D eigenvalue weighted by Gasteiger charge is 2.29. The molecular formula is C30H30N2O2. The number of nitrogens with zero attached hydrogens (tertiary/aromatic N) is 2. The third-order valence-corrected chi connectivity index (χ3v) is 7.43. The fourth-order valence-electron chi connectivity index (χ4n) is 5.70. The van der Waals surface area contributed by atoms with Crippen LogP contribution in [0, 0.1) is 24.0 Å². The number of nitro groups is 1. The van der Waals surface area contributed by atoms with E-state index in [4.69, 9.17) is 0 Å². The monoisotopic (exact) mass is 450 g/mol. The third-order valence-electron chi connectivity index (χ3n) is 7.43. The smallest absolute Gasteiger partial charge is 0.273 e. The van der Waals surface area contributed by atoms with E-state index in [0.29, 0.717) is 0 Å². The molecule has 3 aromatic carbocycles. The van der Waals surface area contributed by atoms with Crippen molar-refractivity contribution in [2.75, 3.05) is 4.90 Å². The first-order valence-electron chi connectivity index (χ1n) is 12.1. The number of aryl methyl sites for hydroxylation is 2. The Kier molecular flexibility index (Phi) is 5.60. The van der Waals surface area contributed by atoms with Gasteiger partial charge in [0, 0.05) is 36.4 Å². The zero-order valence-electron chi connectivity index (χ0n) is 20.3. The fraction of sp³-hybridized carbons (Fsp3) is 0.267. The summed E-state index contributed by atoms with van der Waals surface area (Å²) in [5.41, 5.74) is 13.2. The van der Waals surface area contributed by atoms with Gasteiger partial charge in [-0.3, -0.25) is 10.1 Å². The van der Waals surface area contributed by atoms with Gasteiger partial charge in [-0.1, -0.05) is 62.4 Å². The second-order valence-corrected chi connectivity index (χ2v) is 9.25. The average molecular weight is 451 g/mol. The predicted molar refractivity (Wildman–Crippen MR) is 140 cm³/mol. The van der Waals surface area contributed by atoms with Crippen LogP contribution in [-0.2, 0) is 19.3 Å². The first-order chi connectivity index (χ1) is 16.4. The van der Waals surface area contributed by atoms with Crippen molar-refractivity contribution >= 4 is 11.4 Å². The number of hydrogen-bond donors (Lipinski definition) is 0. The molecule has 0 bridgehead atoms. The third kappa shape index (κ3) is 3.45. The van der Waals surface area contributed by atoms with Crippen molar-refractivity contribution in [1.82, 2.24) is 0 Å². The minimum absolute atomic E-state index is 0.118. The summed E-state index contributed by atoms with van der Waals surface area (Å²) in [5.74, 6) is -0.118. The van der Waals surface area contributed by atoms with Gasteiger partial charge in [-0.15, -0.1) is 0 Å². The van der Waals surface area contributed by atoms with Crippen LogP contribution < -0.4 is 4.90 Å². The molecule has 0 aromatic heterocycles. The van der Waals surface area contributed by atoms with E-state index in [0.717, 1.165) is 24.8 Å². The molecule has 1 aliphatic heterocycles. The predicted octanol–water partition coefficient (Wildman–Crippen LogP) is 7.54. The zero-order valence-corrected chi connectivity index (χ0v) is 20.3. The minimum atomic E-state index is -0.296. The van der Waals surface area contributed by atoms with Crippen LogP contribution in [0.4, 0.5) is 11.4 Å². The molecule has 2 aliphatic rings. The standard InChI is InChI=1S/C30H30N2O2/c1-5-21-17-26-27(18-23-12-11-19(3)24(6-2)29(23)26)30(20(21)4)31-15-13-22(14-16-31)25-9-7-8-10-28(25)32(33)34/h7-17,22H,5-6,18H2,1-4H3. The van der Waals surface area contributed by atoms with Crippen LogP contribution in [0.25, 0.3) is 11.1 Å². The Morgan fingerprint density at radius 1 is 1.03 bits per heavy atom. The Hall–Kier alpha value is -3.66. The van der Waals surface area contributed by atoms with E-state index in [2.05, 4.69) is 75.3 Å². The van der Waals surface area contributed by atoms with E-state index in [1.165, 1.54) is 50.2 Å². The van der Waals surface area contributed by atoms with E-state index >= 15 is 0 Å². The number of para-hydroxylation sites is 1. The molecule has 1 aliphatic carbocycles. The topological polar surface area (TPSA) is 46.4 Å². The summed E-state index contributed by atoms with van der Waals surface area (Å²) < 4.78 is 0. The van der Waals surface area contributed by atoms with Crippen LogP contribution in [0.3, 0.4) is 0 Å². The Morgan fingerprint density at radius 3 is 2.44 bits per heavy atom. The maximum atomic E-state index is 11.5. The van der Waals surface area contributed by atoms with Crippen molar-refractivity contribution in [2.45, 2.75) is 52.9 Å². The quantitative estimate of drug-likeness (QED) is 0.233. The number of rotatable bonds is 5. The van der Waals surface area contributed by atoms with Crippen LogP contribution >= 0.6 is 0 Å². The fourth-order valence-corrected chi connectivity index (χ4v) is 5.70. The molecule has 0 saturated heterocycles. The largest absolute Gasteiger partial charge is 0.324 e. The summed E-state index contributed by atoms with van der Waals surface area (Å²) in [4.78, 5) is 13.4. The second-order valence-electron chi connectivity index (χ2n) is 9.25. The van der Waals surface area contributed by atoms with Gasteiger partial charge in [0.2, 0.25) is 0 Å². The number of anilines is 1. The number of fused-ring (bicyclic) bond motifs is 3. The first-order valence-corrected chi connectivity index (χ1v) is 12.1. The molecule has 0 fully saturated rings. The molecule has 0 radical (unpaired) electrons. The molecule has 0 unspecified atom stereocenters. The van der Waals surface area contributed by atoms with Crippen molar-refractivity contribution in [3.05, 3.63) is 116 Å². The first kappa shape index (κ1) is 22.1. The number of allylic oxidation sites excluding steroid dienone is 2. The Labute approximate surface area is 201 Å². The lowest BCUT2D eigenvalue weighted by Crippen LogP contribution is -2.16. The van der Waals surface area contributed by atoms with Gasteiger partial charge in [0.05, 0.1) is 10.6 Å². The summed E-state index contributed by atoms with van der Waals surface area (Å²) >= 11 is 0. The molecule has 5 rings (SSSR count). The van der Waals surface area contributed by atoms with E-state index in [9.17, 15) is 10.1 Å². The maximum Gasteiger partial charge on any atom is 0.273 e. The maximum absolute atomic E-state index is 11.5. The van der Waals surface area contributed by atoms with Gasteiger partial charge in [0.25, 0.3) is 5.69 Å². The van der Waals surface area contributed by atoms with Crippen molar-refractivity contribution in [3.63, 3.8) is 0 Å². The lowest BCUT2D eigenvalue weighted by molar-refractivity contribution is -0.385. The highest BCUT2D eigenvalue weighted by molar-refractivity contribution is 5.88. The molecule has 1 heterocycles. The zero-order chi connectivity index (χ0) is 24.0. The van der Waals surface area contributed by atoms with E-state index in [1.807, 2.05) is 12.1 Å². The normalized spacial score (nSPS) is 14.4. The lowest BCUT2D eigenvalue weighted by Gasteiger charge is -2.27. The number of nitro benzene ring substituents is 1. The molecule has 34 heavy (non-hydrogen) atoms. The van der Waals surface area contributed by atoms with Crippen molar-refractivity contribution in [3.8, 4) is 11.1 Å². The molecule has 4 nitrogen and oxygen atoms in total. The second kappa shape index (κ2) is 8.60. The summed E-state index contributed by atoms with van der Waals surface area (Å²) in [6.45, 7) is 8.90. The van der Waals surface area contributed by atoms with E-state index < -0.39 is 0 Å². The Bertz CT molecular complexity index is 1350. The molecule has 0 amide bonds. The van der Waals surface area contributed by atoms with Crippen LogP contribution in [0.1, 0.15) is 58.7 Å². The Balaban J connectivity index is 1.59.